The van der Waals surface area contributed by atoms with Gasteiger partial charge in [-0.3, -0.25) is 4.90 Å². The zero-order valence-corrected chi connectivity index (χ0v) is 14.2. The number of furan rings is 1. The maximum Gasteiger partial charge on any atom is 0.315 e. The van der Waals surface area contributed by atoms with E-state index in [1.165, 1.54) is 12.8 Å². The summed E-state index contributed by atoms with van der Waals surface area (Å²) >= 11 is 0. The summed E-state index contributed by atoms with van der Waals surface area (Å²) in [5.74, 6) is 2.18. The van der Waals surface area contributed by atoms with Crippen molar-refractivity contribution < 1.29 is 13.6 Å². The summed E-state index contributed by atoms with van der Waals surface area (Å²) in [6.07, 6.45) is 4.05. The second-order valence-electron chi connectivity index (χ2n) is 6.09. The third kappa shape index (κ3) is 3.97. The zero-order chi connectivity index (χ0) is 16.9. The molecule has 0 aliphatic carbocycles. The second kappa shape index (κ2) is 7.53. The lowest BCUT2D eigenvalue weighted by molar-refractivity contribution is 0.203. The van der Waals surface area contributed by atoms with Gasteiger partial charge in [0.05, 0.1) is 24.5 Å². The van der Waals surface area contributed by atoms with E-state index >= 15 is 0 Å². The minimum atomic E-state index is -0.237. The van der Waals surface area contributed by atoms with Crippen LogP contribution in [0.2, 0.25) is 0 Å². The molecule has 3 heterocycles. The van der Waals surface area contributed by atoms with Crippen molar-refractivity contribution in [1.82, 2.24) is 20.5 Å². The first-order valence-electron chi connectivity index (χ1n) is 8.35. The number of nitrogens with one attached hydrogen (secondary N) is 2. The molecule has 2 aromatic rings. The molecule has 2 amide bonds. The van der Waals surface area contributed by atoms with Crippen LogP contribution in [0.15, 0.2) is 27.2 Å². The lowest BCUT2D eigenvalue weighted by Crippen LogP contribution is -2.41. The van der Waals surface area contributed by atoms with Crippen molar-refractivity contribution in [1.29, 1.82) is 0 Å². The van der Waals surface area contributed by atoms with E-state index in [0.29, 0.717) is 12.4 Å². The largest absolute Gasteiger partial charge is 0.468 e. The Kier molecular flexibility index (Phi) is 5.20. The minimum absolute atomic E-state index is 0.0690. The van der Waals surface area contributed by atoms with Gasteiger partial charge in [0.2, 0.25) is 5.89 Å². The third-order valence-electron chi connectivity index (χ3n) is 4.38. The molecule has 1 aliphatic heterocycles. The number of amides is 2. The fourth-order valence-corrected chi connectivity index (χ4v) is 2.97. The van der Waals surface area contributed by atoms with E-state index < -0.39 is 0 Å². The monoisotopic (exact) mass is 332 g/mol. The molecule has 24 heavy (non-hydrogen) atoms. The highest BCUT2D eigenvalue weighted by Crippen LogP contribution is 2.24. The minimum Gasteiger partial charge on any atom is -0.468 e. The molecule has 130 valence electrons. The van der Waals surface area contributed by atoms with Crippen LogP contribution in [0.1, 0.15) is 42.0 Å². The van der Waals surface area contributed by atoms with Crippen molar-refractivity contribution in [3.8, 4) is 0 Å². The molecule has 7 nitrogen and oxygen atoms in total. The average Bonchev–Trinajstić information content (AvgIpc) is 3.30. The van der Waals surface area contributed by atoms with Gasteiger partial charge in [-0.25, -0.2) is 9.78 Å². The lowest BCUT2D eigenvalue weighted by Gasteiger charge is -2.25. The van der Waals surface area contributed by atoms with Crippen molar-refractivity contribution in [3.63, 3.8) is 0 Å². The van der Waals surface area contributed by atoms with E-state index in [0.717, 1.165) is 30.3 Å². The van der Waals surface area contributed by atoms with Crippen LogP contribution in [-0.2, 0) is 6.54 Å². The molecule has 2 N–H and O–H groups in total. The quantitative estimate of drug-likeness (QED) is 0.849. The lowest BCUT2D eigenvalue weighted by atomic mass is 10.2. The summed E-state index contributed by atoms with van der Waals surface area (Å²) in [5, 5.41) is 5.69. The molecule has 1 fully saturated rings. The van der Waals surface area contributed by atoms with Gasteiger partial charge in [-0.15, -0.1) is 0 Å². The highest BCUT2D eigenvalue weighted by Gasteiger charge is 2.25. The Bertz CT molecular complexity index is 640. The van der Waals surface area contributed by atoms with Crippen molar-refractivity contribution in [2.24, 2.45) is 0 Å². The van der Waals surface area contributed by atoms with Crippen LogP contribution in [0.3, 0.4) is 0 Å². The molecule has 1 saturated heterocycles. The van der Waals surface area contributed by atoms with Crippen molar-refractivity contribution in [2.45, 2.75) is 39.3 Å². The second-order valence-corrected chi connectivity index (χ2v) is 6.09. The van der Waals surface area contributed by atoms with Gasteiger partial charge in [-0.05, 0) is 51.9 Å². The predicted molar refractivity (Wildman–Crippen MR) is 88.5 cm³/mol. The Hall–Kier alpha value is -2.28. The first-order chi connectivity index (χ1) is 11.6. The summed E-state index contributed by atoms with van der Waals surface area (Å²) in [7, 11) is 0. The van der Waals surface area contributed by atoms with Crippen LogP contribution in [-0.4, -0.2) is 35.5 Å². The molecule has 1 aliphatic rings. The van der Waals surface area contributed by atoms with Crippen molar-refractivity contribution >= 4 is 6.03 Å². The fourth-order valence-electron chi connectivity index (χ4n) is 2.97. The van der Waals surface area contributed by atoms with E-state index in [-0.39, 0.29) is 18.6 Å². The summed E-state index contributed by atoms with van der Waals surface area (Å²) in [5.41, 5.74) is 0.846. The summed E-state index contributed by atoms with van der Waals surface area (Å²) < 4.78 is 11.0. The first-order valence-corrected chi connectivity index (χ1v) is 8.35. The topological polar surface area (TPSA) is 83.5 Å². The summed E-state index contributed by atoms with van der Waals surface area (Å²) in [6, 6.07) is 3.67. The zero-order valence-electron chi connectivity index (χ0n) is 14.2. The molecule has 7 heteroatoms. The molecule has 0 aromatic carbocycles. The molecule has 0 radical (unpaired) electrons. The number of rotatable bonds is 6. The maximum absolute atomic E-state index is 12.1. The van der Waals surface area contributed by atoms with E-state index in [1.54, 1.807) is 6.26 Å². The molecule has 0 spiro atoms. The first kappa shape index (κ1) is 16.6. The van der Waals surface area contributed by atoms with Crippen LogP contribution in [0.25, 0.3) is 0 Å². The molecule has 0 saturated carbocycles. The standard InChI is InChI=1S/C17H24N4O3/c1-12-13(2)24-16(20-12)11-19-17(22)18-10-14(15-6-5-9-23-15)21-7-3-4-8-21/h5-6,9,14H,3-4,7-8,10-11H2,1-2H3,(H2,18,19,22). The van der Waals surface area contributed by atoms with Gasteiger partial charge in [0.15, 0.2) is 0 Å². The highest BCUT2D eigenvalue weighted by atomic mass is 16.4. The summed E-state index contributed by atoms with van der Waals surface area (Å²) in [4.78, 5) is 18.7. The smallest absolute Gasteiger partial charge is 0.315 e. The van der Waals surface area contributed by atoms with Crippen LogP contribution in [0.4, 0.5) is 4.79 Å². The summed E-state index contributed by atoms with van der Waals surface area (Å²) in [6.45, 7) is 6.58. The Morgan fingerprint density at radius 3 is 2.75 bits per heavy atom. The number of aryl methyl sites for hydroxylation is 2. The van der Waals surface area contributed by atoms with Gasteiger partial charge in [0, 0.05) is 6.54 Å². The number of nitrogens with zero attached hydrogens (tertiary/aromatic N) is 2. The number of carbonyl (C=O) groups is 1. The molecule has 1 atom stereocenters. The number of likely N-dealkylation sites (tertiary alicyclic amines) is 1. The third-order valence-corrected chi connectivity index (χ3v) is 4.38. The fraction of sp³-hybridized carbons (Fsp3) is 0.529. The average molecular weight is 332 g/mol. The number of hydrogen-bond donors (Lipinski definition) is 2. The van der Waals surface area contributed by atoms with E-state index in [2.05, 4.69) is 20.5 Å². The molecule has 0 bridgehead atoms. The number of aromatic nitrogens is 1. The number of oxazole rings is 1. The van der Waals surface area contributed by atoms with Crippen molar-refractivity contribution in [2.75, 3.05) is 19.6 Å². The van der Waals surface area contributed by atoms with Crippen LogP contribution in [0, 0.1) is 13.8 Å². The molecular weight excluding hydrogens is 308 g/mol. The van der Waals surface area contributed by atoms with Crippen LogP contribution >= 0.6 is 0 Å². The normalized spacial score (nSPS) is 16.2. The van der Waals surface area contributed by atoms with E-state index in [1.807, 2.05) is 26.0 Å². The number of urea groups is 1. The van der Waals surface area contributed by atoms with Gasteiger partial charge in [0.25, 0.3) is 0 Å². The van der Waals surface area contributed by atoms with Crippen LogP contribution < -0.4 is 10.6 Å². The van der Waals surface area contributed by atoms with E-state index in [4.69, 9.17) is 8.83 Å². The van der Waals surface area contributed by atoms with Gasteiger partial charge in [-0.1, -0.05) is 0 Å². The molecule has 2 aromatic heterocycles. The predicted octanol–water partition coefficient (Wildman–Crippen LogP) is 2.52. The Morgan fingerprint density at radius 1 is 1.33 bits per heavy atom. The van der Waals surface area contributed by atoms with Gasteiger partial charge >= 0.3 is 6.03 Å². The maximum atomic E-state index is 12.1. The highest BCUT2D eigenvalue weighted by molar-refractivity contribution is 5.73. The SMILES string of the molecule is Cc1nc(CNC(=O)NCC(c2ccco2)N2CCCC2)oc1C. The van der Waals surface area contributed by atoms with Gasteiger partial charge in [0.1, 0.15) is 11.5 Å². The molecule has 1 unspecified atom stereocenters. The number of carbonyl (C=O) groups excluding carboxylic acids is 1. The molecule has 3 rings (SSSR count). The Balaban J connectivity index is 1.51. The Labute approximate surface area is 141 Å². The van der Waals surface area contributed by atoms with E-state index in [9.17, 15) is 4.79 Å². The number of hydrogen-bond acceptors (Lipinski definition) is 5. The van der Waals surface area contributed by atoms with Gasteiger partial charge < -0.3 is 19.5 Å². The Morgan fingerprint density at radius 2 is 2.12 bits per heavy atom. The molecular formula is C17H24N4O3. The van der Waals surface area contributed by atoms with Crippen molar-refractivity contribution in [3.05, 3.63) is 41.5 Å². The van der Waals surface area contributed by atoms with Crippen LogP contribution in [0.5, 0.6) is 0 Å². The van der Waals surface area contributed by atoms with Gasteiger partial charge in [-0.2, -0.15) is 0 Å².